The predicted octanol–water partition coefficient (Wildman–Crippen LogP) is 6.63. The maximum Gasteiger partial charge on any atom is 0.0149 e. The summed E-state index contributed by atoms with van der Waals surface area (Å²) in [5.74, 6) is 0.825. The smallest absolute Gasteiger partial charge is 0.0149 e. The van der Waals surface area contributed by atoms with Crippen LogP contribution in [0.3, 0.4) is 0 Å². The number of benzene rings is 1. The lowest BCUT2D eigenvalue weighted by molar-refractivity contribution is 0.337. The van der Waals surface area contributed by atoms with E-state index < -0.39 is 0 Å². The fourth-order valence-corrected chi connectivity index (χ4v) is 4.92. The summed E-state index contributed by atoms with van der Waals surface area (Å²) >= 11 is 7.58. The van der Waals surface area contributed by atoms with Gasteiger partial charge in [0.25, 0.3) is 0 Å². The van der Waals surface area contributed by atoms with Gasteiger partial charge in [-0.1, -0.05) is 101 Å². The highest BCUT2D eigenvalue weighted by Gasteiger charge is 2.32. The minimum Gasteiger partial charge on any atom is -0.0918 e. The molecule has 0 spiro atoms. The molecule has 0 saturated heterocycles. The molecule has 0 heterocycles. The van der Waals surface area contributed by atoms with Gasteiger partial charge in [0.1, 0.15) is 0 Å². The zero-order valence-electron chi connectivity index (χ0n) is 13.1. The first-order valence-electron chi connectivity index (χ1n) is 7.81. The van der Waals surface area contributed by atoms with Crippen molar-refractivity contribution in [2.75, 3.05) is 10.7 Å². The van der Waals surface area contributed by atoms with Crippen LogP contribution in [0.25, 0.3) is 0 Å². The lowest BCUT2D eigenvalue weighted by Crippen LogP contribution is -2.33. The van der Waals surface area contributed by atoms with Crippen molar-refractivity contribution in [1.29, 1.82) is 0 Å². The number of aryl methyl sites for hydroxylation is 1. The largest absolute Gasteiger partial charge is 0.0918 e. The minimum absolute atomic E-state index is 0.223. The molecular formula is C18H28Br2. The Morgan fingerprint density at radius 1 is 1.15 bits per heavy atom. The van der Waals surface area contributed by atoms with Crippen molar-refractivity contribution in [2.45, 2.75) is 58.3 Å². The van der Waals surface area contributed by atoms with E-state index in [1.165, 1.54) is 43.2 Å². The van der Waals surface area contributed by atoms with E-state index in [9.17, 15) is 0 Å². The van der Waals surface area contributed by atoms with E-state index in [-0.39, 0.29) is 5.41 Å². The van der Waals surface area contributed by atoms with Gasteiger partial charge in [-0.2, -0.15) is 0 Å². The molecule has 0 aliphatic carbocycles. The van der Waals surface area contributed by atoms with Crippen LogP contribution < -0.4 is 0 Å². The topological polar surface area (TPSA) is 0 Å². The van der Waals surface area contributed by atoms with Gasteiger partial charge < -0.3 is 0 Å². The van der Waals surface area contributed by atoms with Gasteiger partial charge in [-0.25, -0.2) is 0 Å². The van der Waals surface area contributed by atoms with Crippen LogP contribution in [-0.4, -0.2) is 10.7 Å². The molecule has 0 aliphatic heterocycles. The summed E-state index contributed by atoms with van der Waals surface area (Å²) < 4.78 is 0. The van der Waals surface area contributed by atoms with Gasteiger partial charge in [-0.15, -0.1) is 0 Å². The van der Waals surface area contributed by atoms with Crippen molar-refractivity contribution in [3.63, 3.8) is 0 Å². The summed E-state index contributed by atoms with van der Waals surface area (Å²) in [6, 6.07) is 9.03. The molecule has 2 heteroatoms. The second kappa shape index (κ2) is 9.25. The summed E-state index contributed by atoms with van der Waals surface area (Å²) in [5.41, 5.74) is 3.05. The molecule has 0 amide bonds. The minimum atomic E-state index is 0.223. The molecule has 0 fully saturated rings. The van der Waals surface area contributed by atoms with Crippen molar-refractivity contribution in [1.82, 2.24) is 0 Å². The van der Waals surface area contributed by atoms with Crippen LogP contribution in [0.15, 0.2) is 24.3 Å². The normalized spacial score (nSPS) is 13.4. The number of halogens is 2. The fraction of sp³-hybridized carbons (Fsp3) is 0.667. The van der Waals surface area contributed by atoms with Gasteiger partial charge >= 0.3 is 0 Å². The second-order valence-corrected chi connectivity index (χ2v) is 7.16. The van der Waals surface area contributed by atoms with Crippen molar-refractivity contribution in [3.8, 4) is 0 Å². The van der Waals surface area contributed by atoms with Gasteiger partial charge in [0.15, 0.2) is 0 Å². The third kappa shape index (κ3) is 4.87. The van der Waals surface area contributed by atoms with Crippen LogP contribution in [0.4, 0.5) is 0 Å². The molecule has 1 rings (SSSR count). The molecule has 0 aliphatic rings. The first kappa shape index (κ1) is 18.2. The van der Waals surface area contributed by atoms with Gasteiger partial charge in [0.05, 0.1) is 0 Å². The van der Waals surface area contributed by atoms with Crippen molar-refractivity contribution >= 4 is 31.9 Å². The first-order valence-corrected chi connectivity index (χ1v) is 10.0. The van der Waals surface area contributed by atoms with Crippen molar-refractivity contribution < 1.29 is 0 Å². The third-order valence-corrected chi connectivity index (χ3v) is 6.51. The molecule has 0 radical (unpaired) electrons. The van der Waals surface area contributed by atoms with Crippen LogP contribution in [-0.2, 0) is 5.41 Å². The molecule has 114 valence electrons. The van der Waals surface area contributed by atoms with Gasteiger partial charge in [0.2, 0.25) is 0 Å². The van der Waals surface area contributed by atoms with Gasteiger partial charge in [-0.3, -0.25) is 0 Å². The predicted molar refractivity (Wildman–Crippen MR) is 98.4 cm³/mol. The summed E-state index contributed by atoms with van der Waals surface area (Å²) in [6.45, 7) is 6.81. The molecule has 1 aromatic carbocycles. The van der Waals surface area contributed by atoms with Crippen molar-refractivity contribution in [2.24, 2.45) is 5.92 Å². The molecule has 1 aromatic rings. The average Bonchev–Trinajstić information content (AvgIpc) is 2.48. The van der Waals surface area contributed by atoms with Crippen LogP contribution in [0.1, 0.15) is 57.1 Å². The van der Waals surface area contributed by atoms with E-state index >= 15 is 0 Å². The highest BCUT2D eigenvalue weighted by Crippen LogP contribution is 2.38. The highest BCUT2D eigenvalue weighted by molar-refractivity contribution is 9.09. The molecule has 1 atom stereocenters. The fourth-order valence-electron chi connectivity index (χ4n) is 2.89. The Kier molecular flexibility index (Phi) is 8.43. The van der Waals surface area contributed by atoms with E-state index in [0.29, 0.717) is 0 Å². The van der Waals surface area contributed by atoms with E-state index in [1.807, 2.05) is 0 Å². The molecule has 0 nitrogen and oxygen atoms in total. The standard InChI is InChI=1S/C18H28Br2/c1-4-6-9-16(5-2)12-18(13-19,14-20)17-10-7-8-15(3)11-17/h7-8,10-11,16H,4-6,9,12-14H2,1-3H3. The summed E-state index contributed by atoms with van der Waals surface area (Å²) in [5, 5.41) is 2.05. The zero-order chi connectivity index (χ0) is 15.0. The molecular weight excluding hydrogens is 376 g/mol. The zero-order valence-corrected chi connectivity index (χ0v) is 16.3. The average molecular weight is 404 g/mol. The van der Waals surface area contributed by atoms with E-state index in [4.69, 9.17) is 0 Å². The highest BCUT2D eigenvalue weighted by atomic mass is 79.9. The third-order valence-electron chi connectivity index (χ3n) is 4.36. The number of alkyl halides is 2. The molecule has 0 saturated carbocycles. The SMILES string of the molecule is CCCCC(CC)CC(CBr)(CBr)c1cccc(C)c1. The summed E-state index contributed by atoms with van der Waals surface area (Å²) in [6.07, 6.45) is 6.57. The van der Waals surface area contributed by atoms with Crippen molar-refractivity contribution in [3.05, 3.63) is 35.4 Å². The Labute approximate surface area is 142 Å². The molecule has 0 aromatic heterocycles. The van der Waals surface area contributed by atoms with Crippen LogP contribution in [0, 0.1) is 12.8 Å². The molecule has 0 N–H and O–H groups in total. The van der Waals surface area contributed by atoms with E-state index in [1.54, 1.807) is 0 Å². The number of unbranched alkanes of at least 4 members (excludes halogenated alkanes) is 1. The molecule has 1 unspecified atom stereocenters. The number of rotatable bonds is 9. The number of hydrogen-bond donors (Lipinski definition) is 0. The Balaban J connectivity index is 2.96. The quantitative estimate of drug-likeness (QED) is 0.406. The molecule has 20 heavy (non-hydrogen) atoms. The Bertz CT molecular complexity index is 383. The Morgan fingerprint density at radius 3 is 2.35 bits per heavy atom. The van der Waals surface area contributed by atoms with Crippen LogP contribution >= 0.6 is 31.9 Å². The maximum atomic E-state index is 3.79. The Morgan fingerprint density at radius 2 is 1.85 bits per heavy atom. The van der Waals surface area contributed by atoms with Crippen LogP contribution in [0.2, 0.25) is 0 Å². The summed E-state index contributed by atoms with van der Waals surface area (Å²) in [4.78, 5) is 0. The van der Waals surface area contributed by atoms with Gasteiger partial charge in [-0.05, 0) is 24.8 Å². The lowest BCUT2D eigenvalue weighted by atomic mass is 9.75. The van der Waals surface area contributed by atoms with Crippen LogP contribution in [0.5, 0.6) is 0 Å². The summed E-state index contributed by atoms with van der Waals surface area (Å²) in [7, 11) is 0. The molecule has 0 bridgehead atoms. The second-order valence-electron chi connectivity index (χ2n) is 6.04. The maximum absolute atomic E-state index is 3.79. The lowest BCUT2D eigenvalue weighted by Gasteiger charge is -2.34. The number of hydrogen-bond acceptors (Lipinski definition) is 0. The first-order chi connectivity index (χ1) is 9.61. The Hall–Kier alpha value is 0.180. The van der Waals surface area contributed by atoms with E-state index in [0.717, 1.165) is 16.6 Å². The van der Waals surface area contributed by atoms with E-state index in [2.05, 4.69) is 76.9 Å². The monoisotopic (exact) mass is 402 g/mol. The van der Waals surface area contributed by atoms with Gasteiger partial charge in [0, 0.05) is 16.1 Å².